The maximum absolute atomic E-state index is 12.6. The maximum atomic E-state index is 12.6. The molecule has 0 bridgehead atoms. The van der Waals surface area contributed by atoms with Crippen molar-refractivity contribution in [2.24, 2.45) is 0 Å². The Morgan fingerprint density at radius 1 is 0.720 bits per heavy atom. The summed E-state index contributed by atoms with van der Waals surface area (Å²) in [5.41, 5.74) is -0.748. The Hall–Kier alpha value is -0.740. The summed E-state index contributed by atoms with van der Waals surface area (Å²) in [6.45, 7) is 6.09. The van der Waals surface area contributed by atoms with E-state index < -0.39 is 17.6 Å². The van der Waals surface area contributed by atoms with E-state index in [9.17, 15) is 18.0 Å². The normalized spacial score (nSPS) is 12.4. The smallest absolute Gasteiger partial charge is 0.343 e. The van der Waals surface area contributed by atoms with Gasteiger partial charge in [-0.05, 0) is 19.8 Å². The number of hydrogen-bond donors (Lipinski definition) is 1. The van der Waals surface area contributed by atoms with E-state index in [4.69, 9.17) is 0 Å². The molecule has 25 heavy (non-hydrogen) atoms. The Kier molecular flexibility index (Phi) is 13.1. The van der Waals surface area contributed by atoms with E-state index in [1.165, 1.54) is 38.5 Å². The molecular formula is C20H38F3NO. The summed E-state index contributed by atoms with van der Waals surface area (Å²) in [4.78, 5) is 11.4. The molecule has 0 rings (SSSR count). The van der Waals surface area contributed by atoms with Crippen LogP contribution in [-0.4, -0.2) is 17.6 Å². The van der Waals surface area contributed by atoms with Crippen LogP contribution in [0.5, 0.6) is 0 Å². The highest BCUT2D eigenvalue weighted by Gasteiger charge is 2.42. The van der Waals surface area contributed by atoms with Crippen LogP contribution in [0.3, 0.4) is 0 Å². The fourth-order valence-corrected chi connectivity index (χ4v) is 3.19. The predicted molar refractivity (Wildman–Crippen MR) is 98.6 cm³/mol. The van der Waals surface area contributed by atoms with Gasteiger partial charge in [-0.15, -0.1) is 0 Å². The Morgan fingerprint density at radius 2 is 1.08 bits per heavy atom. The van der Waals surface area contributed by atoms with E-state index in [0.29, 0.717) is 12.8 Å². The molecule has 0 fully saturated rings. The molecule has 0 heterocycles. The number of halogens is 3. The lowest BCUT2D eigenvalue weighted by Crippen LogP contribution is -2.51. The van der Waals surface area contributed by atoms with Crippen molar-refractivity contribution in [3.63, 3.8) is 0 Å². The molecule has 0 unspecified atom stereocenters. The van der Waals surface area contributed by atoms with E-state index in [-0.39, 0.29) is 0 Å². The summed E-state index contributed by atoms with van der Waals surface area (Å²) in [7, 11) is 0. The zero-order valence-electron chi connectivity index (χ0n) is 16.4. The quantitative estimate of drug-likeness (QED) is 0.313. The standard InChI is InChI=1S/C20H38F3NO/c1-4-6-8-10-12-14-16-19(3,24-18(25)20(21,22)23)17-15-13-11-9-7-5-2/h4-17H2,1-3H3,(H,24,25). The highest BCUT2D eigenvalue weighted by Crippen LogP contribution is 2.25. The lowest BCUT2D eigenvalue weighted by atomic mass is 9.87. The molecule has 0 aromatic carbocycles. The van der Waals surface area contributed by atoms with Crippen molar-refractivity contribution in [2.75, 3.05) is 0 Å². The number of nitrogens with one attached hydrogen (secondary N) is 1. The highest BCUT2D eigenvalue weighted by molar-refractivity contribution is 5.82. The zero-order valence-corrected chi connectivity index (χ0v) is 16.4. The molecule has 0 spiro atoms. The van der Waals surface area contributed by atoms with Gasteiger partial charge in [0, 0.05) is 5.54 Å². The average molecular weight is 366 g/mol. The number of rotatable bonds is 15. The average Bonchev–Trinajstić information content (AvgIpc) is 2.53. The molecule has 0 saturated heterocycles. The third-order valence-electron chi connectivity index (χ3n) is 4.84. The number of amides is 1. The van der Waals surface area contributed by atoms with Gasteiger partial charge >= 0.3 is 12.1 Å². The minimum Gasteiger partial charge on any atom is -0.343 e. The van der Waals surface area contributed by atoms with E-state index in [1.807, 2.05) is 0 Å². The number of hydrogen-bond acceptors (Lipinski definition) is 1. The van der Waals surface area contributed by atoms with Crippen LogP contribution in [0.4, 0.5) is 13.2 Å². The second kappa shape index (κ2) is 13.5. The van der Waals surface area contributed by atoms with Crippen LogP contribution in [0.2, 0.25) is 0 Å². The van der Waals surface area contributed by atoms with Crippen molar-refractivity contribution >= 4 is 5.91 Å². The van der Waals surface area contributed by atoms with Crippen LogP contribution in [0, 0.1) is 0 Å². The van der Waals surface area contributed by atoms with Crippen molar-refractivity contribution in [1.82, 2.24) is 5.32 Å². The van der Waals surface area contributed by atoms with Crippen molar-refractivity contribution in [1.29, 1.82) is 0 Å². The van der Waals surface area contributed by atoms with Crippen LogP contribution in [0.1, 0.15) is 111 Å². The molecule has 0 aromatic heterocycles. The van der Waals surface area contributed by atoms with Crippen LogP contribution in [0.15, 0.2) is 0 Å². The second-order valence-electron chi connectivity index (χ2n) is 7.55. The summed E-state index contributed by atoms with van der Waals surface area (Å²) < 4.78 is 37.9. The Labute approximate surface area is 152 Å². The van der Waals surface area contributed by atoms with Gasteiger partial charge in [0.15, 0.2) is 0 Å². The minimum absolute atomic E-state index is 0.621. The SMILES string of the molecule is CCCCCCCCC(C)(CCCCCCCC)NC(=O)C(F)(F)F. The van der Waals surface area contributed by atoms with Gasteiger partial charge < -0.3 is 5.32 Å². The van der Waals surface area contributed by atoms with E-state index in [0.717, 1.165) is 38.5 Å². The van der Waals surface area contributed by atoms with Crippen LogP contribution in [0.25, 0.3) is 0 Å². The fraction of sp³-hybridized carbons (Fsp3) is 0.950. The number of unbranched alkanes of at least 4 members (excludes halogenated alkanes) is 10. The summed E-state index contributed by atoms with van der Waals surface area (Å²) >= 11 is 0. The lowest BCUT2D eigenvalue weighted by molar-refractivity contribution is -0.175. The predicted octanol–water partition coefficient (Wildman–Crippen LogP) is 6.92. The van der Waals surface area contributed by atoms with Gasteiger partial charge in [0.2, 0.25) is 0 Å². The molecular weight excluding hydrogens is 327 g/mol. The molecule has 0 aromatic rings. The number of alkyl halides is 3. The van der Waals surface area contributed by atoms with Crippen LogP contribution in [-0.2, 0) is 4.79 Å². The molecule has 1 N–H and O–H groups in total. The number of carbonyl (C=O) groups is 1. The lowest BCUT2D eigenvalue weighted by Gasteiger charge is -2.31. The van der Waals surface area contributed by atoms with E-state index in [1.54, 1.807) is 6.92 Å². The van der Waals surface area contributed by atoms with Gasteiger partial charge in [-0.3, -0.25) is 4.79 Å². The summed E-state index contributed by atoms with van der Waals surface area (Å²) in [5.74, 6) is -1.80. The third-order valence-corrected chi connectivity index (χ3v) is 4.84. The summed E-state index contributed by atoms with van der Waals surface area (Å²) in [6.07, 6.45) is 9.59. The van der Waals surface area contributed by atoms with Gasteiger partial charge in [0.25, 0.3) is 0 Å². The molecule has 2 nitrogen and oxygen atoms in total. The van der Waals surface area contributed by atoms with Crippen molar-refractivity contribution < 1.29 is 18.0 Å². The topological polar surface area (TPSA) is 29.1 Å². The first-order valence-electron chi connectivity index (χ1n) is 10.1. The minimum atomic E-state index is -4.80. The van der Waals surface area contributed by atoms with Crippen molar-refractivity contribution in [3.8, 4) is 0 Å². The van der Waals surface area contributed by atoms with E-state index in [2.05, 4.69) is 19.2 Å². The first kappa shape index (κ1) is 24.3. The van der Waals surface area contributed by atoms with Gasteiger partial charge in [0.1, 0.15) is 0 Å². The zero-order chi connectivity index (χ0) is 19.2. The monoisotopic (exact) mass is 365 g/mol. The molecule has 1 amide bonds. The first-order valence-corrected chi connectivity index (χ1v) is 10.1. The van der Waals surface area contributed by atoms with Gasteiger partial charge in [0.05, 0.1) is 0 Å². The molecule has 5 heteroatoms. The van der Waals surface area contributed by atoms with Crippen molar-refractivity contribution in [3.05, 3.63) is 0 Å². The molecule has 0 atom stereocenters. The molecule has 0 aliphatic rings. The molecule has 0 aliphatic heterocycles. The molecule has 0 radical (unpaired) electrons. The van der Waals surface area contributed by atoms with Crippen LogP contribution >= 0.6 is 0 Å². The molecule has 0 aliphatic carbocycles. The summed E-state index contributed by atoms with van der Waals surface area (Å²) in [5, 5.41) is 2.27. The first-order chi connectivity index (χ1) is 11.7. The maximum Gasteiger partial charge on any atom is 0.471 e. The van der Waals surface area contributed by atoms with Crippen molar-refractivity contribution in [2.45, 2.75) is 122 Å². The van der Waals surface area contributed by atoms with Gasteiger partial charge in [-0.1, -0.05) is 90.9 Å². The Balaban J connectivity index is 4.36. The molecule has 150 valence electrons. The van der Waals surface area contributed by atoms with Crippen LogP contribution < -0.4 is 5.32 Å². The summed E-state index contributed by atoms with van der Waals surface area (Å²) in [6, 6.07) is 0. The van der Waals surface area contributed by atoms with Gasteiger partial charge in [-0.2, -0.15) is 13.2 Å². The molecule has 0 saturated carbocycles. The largest absolute Gasteiger partial charge is 0.471 e. The third kappa shape index (κ3) is 13.2. The number of carbonyl (C=O) groups excluding carboxylic acids is 1. The highest BCUT2D eigenvalue weighted by atomic mass is 19.4. The Morgan fingerprint density at radius 3 is 1.44 bits per heavy atom. The van der Waals surface area contributed by atoms with Gasteiger partial charge in [-0.25, -0.2) is 0 Å². The van der Waals surface area contributed by atoms with E-state index >= 15 is 0 Å². The Bertz CT molecular complexity index is 326. The fourth-order valence-electron chi connectivity index (χ4n) is 3.19. The second-order valence-corrected chi connectivity index (χ2v) is 7.55.